The van der Waals surface area contributed by atoms with Gasteiger partial charge in [0, 0.05) is 25.6 Å². The zero-order chi connectivity index (χ0) is 14.5. The second-order valence-electron chi connectivity index (χ2n) is 4.90. The van der Waals surface area contributed by atoms with Gasteiger partial charge in [0.2, 0.25) is 11.8 Å². The van der Waals surface area contributed by atoms with Gasteiger partial charge in [-0.25, -0.2) is 0 Å². The highest BCUT2D eigenvalue weighted by molar-refractivity contribution is 5.94. The number of anilines is 1. The van der Waals surface area contributed by atoms with Crippen LogP contribution >= 0.6 is 0 Å². The van der Waals surface area contributed by atoms with Crippen molar-refractivity contribution in [3.63, 3.8) is 0 Å². The Hall–Kier alpha value is -1.89. The first-order valence-electron chi connectivity index (χ1n) is 6.61. The summed E-state index contributed by atoms with van der Waals surface area (Å²) in [6, 6.07) is 1.63. The zero-order valence-electron chi connectivity index (χ0n) is 11.7. The number of hydrogen-bond acceptors (Lipinski definition) is 5. The van der Waals surface area contributed by atoms with Gasteiger partial charge in [-0.2, -0.15) is 0 Å². The van der Waals surface area contributed by atoms with Crippen LogP contribution < -0.4 is 5.32 Å². The van der Waals surface area contributed by atoms with Gasteiger partial charge < -0.3 is 19.5 Å². The van der Waals surface area contributed by atoms with Crippen molar-refractivity contribution in [2.24, 2.45) is 5.92 Å². The van der Waals surface area contributed by atoms with Gasteiger partial charge in [0.1, 0.15) is 5.76 Å². The van der Waals surface area contributed by atoms with Crippen molar-refractivity contribution in [3.8, 4) is 0 Å². The van der Waals surface area contributed by atoms with Crippen LogP contribution in [0.1, 0.15) is 18.6 Å². The number of aryl methyl sites for hydroxylation is 1. The molecule has 20 heavy (non-hydrogen) atoms. The molecule has 1 aliphatic carbocycles. The molecular formula is C13H19N3O4. The van der Waals surface area contributed by atoms with Gasteiger partial charge in [0.05, 0.1) is 13.2 Å². The molecule has 7 nitrogen and oxygen atoms in total. The van der Waals surface area contributed by atoms with Crippen molar-refractivity contribution in [3.05, 3.63) is 11.8 Å². The average molecular weight is 281 g/mol. The van der Waals surface area contributed by atoms with Gasteiger partial charge in [-0.3, -0.25) is 9.59 Å². The largest absolute Gasteiger partial charge is 0.383 e. The number of amides is 2. The minimum atomic E-state index is -0.289. The van der Waals surface area contributed by atoms with E-state index in [-0.39, 0.29) is 24.3 Å². The Balaban J connectivity index is 1.88. The molecule has 0 atom stereocenters. The number of carbonyl (C=O) groups is 2. The normalized spacial score (nSPS) is 14.1. The molecule has 1 heterocycles. The molecule has 1 saturated carbocycles. The molecule has 0 spiro atoms. The van der Waals surface area contributed by atoms with Crippen LogP contribution in [0.2, 0.25) is 0 Å². The lowest BCUT2D eigenvalue weighted by molar-refractivity contribution is -0.136. The van der Waals surface area contributed by atoms with Crippen molar-refractivity contribution in [1.29, 1.82) is 0 Å². The summed E-state index contributed by atoms with van der Waals surface area (Å²) in [5.41, 5.74) is 0. The quantitative estimate of drug-likeness (QED) is 0.799. The Bertz CT molecular complexity index is 482. The van der Waals surface area contributed by atoms with E-state index in [1.54, 1.807) is 20.1 Å². The van der Waals surface area contributed by atoms with Gasteiger partial charge in [-0.1, -0.05) is 5.16 Å². The topological polar surface area (TPSA) is 84.7 Å². The molecule has 1 N–H and O–H groups in total. The Morgan fingerprint density at radius 3 is 2.85 bits per heavy atom. The minimum Gasteiger partial charge on any atom is -0.383 e. The first-order valence-corrected chi connectivity index (χ1v) is 6.61. The predicted octanol–water partition coefficient (Wildman–Crippen LogP) is 0.807. The van der Waals surface area contributed by atoms with Crippen molar-refractivity contribution in [2.45, 2.75) is 19.8 Å². The summed E-state index contributed by atoms with van der Waals surface area (Å²) < 4.78 is 9.84. The van der Waals surface area contributed by atoms with Crippen LogP contribution in [0, 0.1) is 12.8 Å². The van der Waals surface area contributed by atoms with E-state index in [0.29, 0.717) is 24.7 Å². The van der Waals surface area contributed by atoms with Gasteiger partial charge in [0.15, 0.2) is 5.82 Å². The smallest absolute Gasteiger partial charge is 0.245 e. The second-order valence-corrected chi connectivity index (χ2v) is 4.90. The molecule has 110 valence electrons. The first-order chi connectivity index (χ1) is 9.60. The molecule has 0 saturated heterocycles. The van der Waals surface area contributed by atoms with Crippen molar-refractivity contribution >= 4 is 17.6 Å². The predicted molar refractivity (Wildman–Crippen MR) is 71.0 cm³/mol. The van der Waals surface area contributed by atoms with Crippen LogP contribution in [-0.2, 0) is 14.3 Å². The number of rotatable bonds is 7. The van der Waals surface area contributed by atoms with Crippen LogP contribution in [0.5, 0.6) is 0 Å². The standard InChI is InChI=1S/C13H19N3O4/c1-9-7-11(15-20-9)14-12(17)8-16(5-6-19-2)13(18)10-3-4-10/h7,10H,3-6,8H2,1-2H3,(H,14,15,17). The maximum absolute atomic E-state index is 12.1. The van der Waals surface area contributed by atoms with Crippen LogP contribution in [0.3, 0.4) is 0 Å². The molecule has 7 heteroatoms. The van der Waals surface area contributed by atoms with Crippen molar-refractivity contribution in [2.75, 3.05) is 32.1 Å². The third kappa shape index (κ3) is 4.06. The Morgan fingerprint density at radius 1 is 1.55 bits per heavy atom. The van der Waals surface area contributed by atoms with E-state index in [1.165, 1.54) is 4.90 Å². The molecular weight excluding hydrogens is 262 g/mol. The average Bonchev–Trinajstić information content (AvgIpc) is 3.18. The molecule has 0 aromatic carbocycles. The van der Waals surface area contributed by atoms with Crippen molar-refractivity contribution < 1.29 is 18.8 Å². The number of hydrogen-bond donors (Lipinski definition) is 1. The molecule has 0 aliphatic heterocycles. The van der Waals surface area contributed by atoms with Crippen molar-refractivity contribution in [1.82, 2.24) is 10.1 Å². The number of methoxy groups -OCH3 is 1. The lowest BCUT2D eigenvalue weighted by Crippen LogP contribution is -2.40. The summed E-state index contributed by atoms with van der Waals surface area (Å²) in [5, 5.41) is 6.29. The van der Waals surface area contributed by atoms with Crippen LogP contribution in [0.4, 0.5) is 5.82 Å². The molecule has 1 aromatic heterocycles. The molecule has 0 unspecified atom stereocenters. The molecule has 1 aromatic rings. The van der Waals surface area contributed by atoms with E-state index in [2.05, 4.69) is 10.5 Å². The highest BCUT2D eigenvalue weighted by Crippen LogP contribution is 2.30. The Labute approximate surface area is 117 Å². The van der Waals surface area contributed by atoms with Gasteiger partial charge in [0.25, 0.3) is 0 Å². The summed E-state index contributed by atoms with van der Waals surface area (Å²) in [6.07, 6.45) is 1.82. The molecule has 1 aliphatic rings. The molecule has 2 amide bonds. The van der Waals surface area contributed by atoms with E-state index in [9.17, 15) is 9.59 Å². The molecule has 0 radical (unpaired) electrons. The summed E-state index contributed by atoms with van der Waals surface area (Å²) in [7, 11) is 1.57. The van der Waals surface area contributed by atoms with E-state index in [1.807, 2.05) is 0 Å². The van der Waals surface area contributed by atoms with Gasteiger partial charge >= 0.3 is 0 Å². The van der Waals surface area contributed by atoms with Gasteiger partial charge in [-0.15, -0.1) is 0 Å². The lowest BCUT2D eigenvalue weighted by atomic mass is 10.3. The number of nitrogens with one attached hydrogen (secondary N) is 1. The van der Waals surface area contributed by atoms with E-state index in [4.69, 9.17) is 9.26 Å². The van der Waals surface area contributed by atoms with E-state index in [0.717, 1.165) is 12.8 Å². The maximum Gasteiger partial charge on any atom is 0.245 e. The summed E-state index contributed by atoms with van der Waals surface area (Å²) in [6.45, 7) is 2.57. The molecule has 0 bridgehead atoms. The lowest BCUT2D eigenvalue weighted by Gasteiger charge is -2.21. The summed E-state index contributed by atoms with van der Waals surface area (Å²) in [5.74, 6) is 0.787. The Morgan fingerprint density at radius 2 is 2.30 bits per heavy atom. The fraction of sp³-hybridized carbons (Fsp3) is 0.615. The minimum absolute atomic E-state index is 0.00456. The summed E-state index contributed by atoms with van der Waals surface area (Å²) in [4.78, 5) is 25.5. The number of nitrogens with zero attached hydrogens (tertiary/aromatic N) is 2. The SMILES string of the molecule is COCCN(CC(=O)Nc1cc(C)on1)C(=O)C1CC1. The molecule has 1 fully saturated rings. The molecule has 2 rings (SSSR count). The Kier molecular flexibility index (Phi) is 4.73. The fourth-order valence-electron chi connectivity index (χ4n) is 1.84. The highest BCUT2D eigenvalue weighted by atomic mass is 16.5. The maximum atomic E-state index is 12.1. The van der Waals surface area contributed by atoms with Crippen LogP contribution in [-0.4, -0.2) is 48.7 Å². The number of aromatic nitrogens is 1. The highest BCUT2D eigenvalue weighted by Gasteiger charge is 2.34. The van der Waals surface area contributed by atoms with Gasteiger partial charge in [-0.05, 0) is 19.8 Å². The fourth-order valence-corrected chi connectivity index (χ4v) is 1.84. The summed E-state index contributed by atoms with van der Waals surface area (Å²) >= 11 is 0. The number of ether oxygens (including phenoxy) is 1. The van der Waals surface area contributed by atoms with E-state index >= 15 is 0 Å². The van der Waals surface area contributed by atoms with Crippen LogP contribution in [0.25, 0.3) is 0 Å². The third-order valence-electron chi connectivity index (χ3n) is 3.03. The van der Waals surface area contributed by atoms with Crippen LogP contribution in [0.15, 0.2) is 10.6 Å². The van der Waals surface area contributed by atoms with E-state index < -0.39 is 0 Å². The second kappa shape index (κ2) is 6.51. The first kappa shape index (κ1) is 14.5. The monoisotopic (exact) mass is 281 g/mol. The number of carbonyl (C=O) groups excluding carboxylic acids is 2. The third-order valence-corrected chi connectivity index (χ3v) is 3.03. The zero-order valence-corrected chi connectivity index (χ0v) is 11.7.